The highest BCUT2D eigenvalue weighted by atomic mass is 19.3. The Labute approximate surface area is 121 Å². The zero-order valence-corrected chi connectivity index (χ0v) is 11.9. The first-order valence-corrected chi connectivity index (χ1v) is 6.54. The smallest absolute Gasteiger partial charge is 0.333 e. The summed E-state index contributed by atoms with van der Waals surface area (Å²) in [6, 6.07) is 1.30. The van der Waals surface area contributed by atoms with Crippen LogP contribution in [0.4, 0.5) is 8.78 Å². The number of halogens is 2. The number of imidazole rings is 1. The number of hydrogen-bond donors (Lipinski definition) is 0. The number of aryl methyl sites for hydroxylation is 2. The molecule has 0 atom stereocenters. The molecule has 0 saturated heterocycles. The molecule has 2 aromatic heterocycles. The molecule has 0 aliphatic rings. The lowest BCUT2D eigenvalue weighted by Gasteiger charge is -2.15. The maximum atomic E-state index is 12.4. The predicted octanol–water partition coefficient (Wildman–Crippen LogP) is 1.72. The molecule has 0 unspecified atom stereocenters. The molecule has 0 aliphatic heterocycles. The third-order valence-corrected chi connectivity index (χ3v) is 3.19. The van der Waals surface area contributed by atoms with E-state index in [1.165, 1.54) is 11.0 Å². The second-order valence-corrected chi connectivity index (χ2v) is 4.74. The quantitative estimate of drug-likeness (QED) is 0.815. The summed E-state index contributed by atoms with van der Waals surface area (Å²) in [5.74, 6) is 0.576. The second kappa shape index (κ2) is 6.47. The molecular weight excluding hydrogens is 280 g/mol. The van der Waals surface area contributed by atoms with E-state index in [0.29, 0.717) is 11.2 Å². The van der Waals surface area contributed by atoms with Crippen LogP contribution in [0.3, 0.4) is 0 Å². The van der Waals surface area contributed by atoms with Crippen LogP contribution in [0, 0.1) is 0 Å². The number of carbonyl (C=O) groups excluding carboxylic acids is 1. The Morgan fingerprint density at radius 2 is 2.19 bits per heavy atom. The van der Waals surface area contributed by atoms with Crippen molar-refractivity contribution in [2.45, 2.75) is 19.4 Å². The third-order valence-electron chi connectivity index (χ3n) is 3.19. The van der Waals surface area contributed by atoms with Crippen molar-refractivity contribution >= 4 is 5.91 Å². The summed E-state index contributed by atoms with van der Waals surface area (Å²) in [5.41, 5.74) is 0.0230. The molecule has 2 rings (SSSR count). The molecule has 2 aromatic rings. The van der Waals surface area contributed by atoms with Crippen molar-refractivity contribution in [1.82, 2.24) is 24.2 Å². The average Bonchev–Trinajstić information content (AvgIpc) is 3.07. The van der Waals surface area contributed by atoms with Crippen molar-refractivity contribution in [3.8, 4) is 0 Å². The standard InChI is InChI=1S/C13H17F2N5O/c1-18-9-6-16-11(18)4-3-7-19(2)12(21)10-5-8-20(17-10)13(14)15/h5-6,8-9,13H,3-4,7H2,1-2H3. The van der Waals surface area contributed by atoms with Gasteiger partial charge in [-0.05, 0) is 12.5 Å². The van der Waals surface area contributed by atoms with Gasteiger partial charge in [-0.3, -0.25) is 4.79 Å². The summed E-state index contributed by atoms with van der Waals surface area (Å²) >= 11 is 0. The summed E-state index contributed by atoms with van der Waals surface area (Å²) in [6.45, 7) is -2.23. The van der Waals surface area contributed by atoms with Gasteiger partial charge in [0.05, 0.1) is 0 Å². The first kappa shape index (κ1) is 15.1. The predicted molar refractivity (Wildman–Crippen MR) is 72.0 cm³/mol. The van der Waals surface area contributed by atoms with Crippen LogP contribution in [-0.4, -0.2) is 43.7 Å². The van der Waals surface area contributed by atoms with Crippen LogP contribution in [0.25, 0.3) is 0 Å². The highest BCUT2D eigenvalue weighted by Gasteiger charge is 2.16. The van der Waals surface area contributed by atoms with Crippen molar-refractivity contribution < 1.29 is 13.6 Å². The van der Waals surface area contributed by atoms with E-state index < -0.39 is 6.55 Å². The topological polar surface area (TPSA) is 56.0 Å². The fraction of sp³-hybridized carbons (Fsp3) is 0.462. The molecule has 0 aromatic carbocycles. The van der Waals surface area contributed by atoms with E-state index in [0.717, 1.165) is 24.9 Å². The van der Waals surface area contributed by atoms with E-state index in [1.54, 1.807) is 13.2 Å². The molecule has 1 amide bonds. The molecule has 0 N–H and O–H groups in total. The van der Waals surface area contributed by atoms with E-state index >= 15 is 0 Å². The van der Waals surface area contributed by atoms with Gasteiger partial charge in [-0.1, -0.05) is 0 Å². The van der Waals surface area contributed by atoms with Crippen molar-refractivity contribution in [2.75, 3.05) is 13.6 Å². The number of carbonyl (C=O) groups is 1. The first-order valence-electron chi connectivity index (χ1n) is 6.54. The number of hydrogen-bond acceptors (Lipinski definition) is 3. The molecule has 0 aliphatic carbocycles. The van der Waals surface area contributed by atoms with Gasteiger partial charge in [0.2, 0.25) is 0 Å². The van der Waals surface area contributed by atoms with Gasteiger partial charge in [0.25, 0.3) is 5.91 Å². The fourth-order valence-electron chi connectivity index (χ4n) is 1.97. The maximum Gasteiger partial charge on any atom is 0.333 e. The zero-order valence-electron chi connectivity index (χ0n) is 11.9. The second-order valence-electron chi connectivity index (χ2n) is 4.74. The molecule has 2 heterocycles. The molecule has 0 fully saturated rings. The van der Waals surface area contributed by atoms with Crippen LogP contribution in [0.2, 0.25) is 0 Å². The largest absolute Gasteiger partial charge is 0.340 e. The minimum absolute atomic E-state index is 0.0230. The van der Waals surface area contributed by atoms with E-state index in [9.17, 15) is 13.6 Å². The zero-order chi connectivity index (χ0) is 15.4. The first-order chi connectivity index (χ1) is 9.99. The number of rotatable bonds is 6. The van der Waals surface area contributed by atoms with Gasteiger partial charge in [0.15, 0.2) is 5.69 Å². The third kappa shape index (κ3) is 3.65. The van der Waals surface area contributed by atoms with Crippen molar-refractivity contribution in [1.29, 1.82) is 0 Å². The summed E-state index contributed by atoms with van der Waals surface area (Å²) in [6.07, 6.45) is 6.16. The molecule has 0 spiro atoms. The molecule has 0 radical (unpaired) electrons. The van der Waals surface area contributed by atoms with Crippen molar-refractivity contribution in [3.63, 3.8) is 0 Å². The Bertz CT molecular complexity index is 607. The molecule has 0 saturated carbocycles. The Morgan fingerprint density at radius 1 is 1.43 bits per heavy atom. The van der Waals surface area contributed by atoms with Gasteiger partial charge in [-0.2, -0.15) is 13.9 Å². The highest BCUT2D eigenvalue weighted by molar-refractivity contribution is 5.91. The summed E-state index contributed by atoms with van der Waals surface area (Å²) in [7, 11) is 3.54. The summed E-state index contributed by atoms with van der Waals surface area (Å²) < 4.78 is 27.2. The lowest BCUT2D eigenvalue weighted by molar-refractivity contribution is 0.0554. The molecule has 114 valence electrons. The number of alkyl halides is 2. The van der Waals surface area contributed by atoms with Gasteiger partial charge >= 0.3 is 6.55 Å². The molecule has 8 heteroatoms. The normalized spacial score (nSPS) is 11.1. The molecule has 6 nitrogen and oxygen atoms in total. The van der Waals surface area contributed by atoms with Crippen LogP contribution in [0.1, 0.15) is 29.3 Å². The van der Waals surface area contributed by atoms with Crippen LogP contribution in [0.15, 0.2) is 24.7 Å². The van der Waals surface area contributed by atoms with E-state index in [-0.39, 0.29) is 11.6 Å². The van der Waals surface area contributed by atoms with Crippen LogP contribution in [-0.2, 0) is 13.5 Å². The van der Waals surface area contributed by atoms with Gasteiger partial charge < -0.3 is 9.47 Å². The van der Waals surface area contributed by atoms with E-state index in [1.807, 2.05) is 17.8 Å². The lowest BCUT2D eigenvalue weighted by atomic mass is 10.2. The average molecular weight is 297 g/mol. The Kier molecular flexibility index (Phi) is 4.66. The van der Waals surface area contributed by atoms with Crippen molar-refractivity contribution in [3.05, 3.63) is 36.2 Å². The van der Waals surface area contributed by atoms with Gasteiger partial charge in [-0.15, -0.1) is 0 Å². The maximum absolute atomic E-state index is 12.4. The van der Waals surface area contributed by atoms with E-state index in [4.69, 9.17) is 0 Å². The summed E-state index contributed by atoms with van der Waals surface area (Å²) in [4.78, 5) is 17.7. The lowest BCUT2D eigenvalue weighted by Crippen LogP contribution is -2.28. The molecule has 0 bridgehead atoms. The van der Waals surface area contributed by atoms with Crippen LogP contribution >= 0.6 is 0 Å². The monoisotopic (exact) mass is 297 g/mol. The number of nitrogens with zero attached hydrogens (tertiary/aromatic N) is 5. The molecule has 21 heavy (non-hydrogen) atoms. The molecular formula is C13H17F2N5O. The summed E-state index contributed by atoms with van der Waals surface area (Å²) in [5, 5.41) is 3.56. The highest BCUT2D eigenvalue weighted by Crippen LogP contribution is 2.10. The van der Waals surface area contributed by atoms with Gasteiger partial charge in [0, 0.05) is 45.7 Å². The minimum atomic E-state index is -2.74. The van der Waals surface area contributed by atoms with E-state index in [2.05, 4.69) is 10.1 Å². The van der Waals surface area contributed by atoms with Gasteiger partial charge in [-0.25, -0.2) is 9.67 Å². The number of aromatic nitrogens is 4. The van der Waals surface area contributed by atoms with Crippen LogP contribution < -0.4 is 0 Å². The minimum Gasteiger partial charge on any atom is -0.340 e. The fourth-order valence-corrected chi connectivity index (χ4v) is 1.97. The van der Waals surface area contributed by atoms with Crippen molar-refractivity contribution in [2.24, 2.45) is 7.05 Å². The van der Waals surface area contributed by atoms with Crippen LogP contribution in [0.5, 0.6) is 0 Å². The van der Waals surface area contributed by atoms with Gasteiger partial charge in [0.1, 0.15) is 5.82 Å². The number of amides is 1. The SMILES string of the molecule is CN(CCCc1nccn1C)C(=O)c1ccn(C(F)F)n1. The Balaban J connectivity index is 1.86. The Hall–Kier alpha value is -2.25. The Morgan fingerprint density at radius 3 is 2.76 bits per heavy atom.